The maximum Gasteiger partial charge on any atom is 0.276 e. The predicted octanol–water partition coefficient (Wildman–Crippen LogP) is 4.95. The van der Waals surface area contributed by atoms with Crippen molar-refractivity contribution in [1.29, 1.82) is 0 Å². The minimum Gasteiger partial charge on any atom is -0.332 e. The Hall–Kier alpha value is -3.73. The van der Waals surface area contributed by atoms with Crippen LogP contribution in [-0.2, 0) is 0 Å². The highest BCUT2D eigenvalue weighted by atomic mass is 16.5. The molecule has 0 saturated carbocycles. The van der Waals surface area contributed by atoms with Gasteiger partial charge in [-0.15, -0.1) is 0 Å². The molecule has 1 N–H and O–H groups in total. The van der Waals surface area contributed by atoms with Crippen LogP contribution in [0.4, 0.5) is 0 Å². The normalized spacial score (nSPS) is 11.1. The Balaban J connectivity index is 1.49. The van der Waals surface area contributed by atoms with E-state index in [0.29, 0.717) is 17.4 Å². The lowest BCUT2D eigenvalue weighted by atomic mass is 10.1. The minimum absolute atomic E-state index is 0.420. The molecule has 0 aliphatic rings. The first-order chi connectivity index (χ1) is 12.9. The zero-order chi connectivity index (χ0) is 17.3. The highest BCUT2D eigenvalue weighted by Crippen LogP contribution is 2.27. The summed E-state index contributed by atoms with van der Waals surface area (Å²) in [6, 6.07) is 26.2. The van der Waals surface area contributed by atoms with Crippen LogP contribution < -0.4 is 0 Å². The van der Waals surface area contributed by atoms with E-state index in [4.69, 9.17) is 4.52 Å². The van der Waals surface area contributed by atoms with Crippen molar-refractivity contribution in [1.82, 2.24) is 20.3 Å². The van der Waals surface area contributed by atoms with Gasteiger partial charge in [0.25, 0.3) is 5.89 Å². The van der Waals surface area contributed by atoms with Gasteiger partial charge in [0.15, 0.2) is 0 Å². The van der Waals surface area contributed by atoms with Gasteiger partial charge in [-0.1, -0.05) is 71.9 Å². The topological polar surface area (TPSA) is 67.6 Å². The second-order valence-corrected chi connectivity index (χ2v) is 6.02. The van der Waals surface area contributed by atoms with Crippen LogP contribution in [0.1, 0.15) is 0 Å². The van der Waals surface area contributed by atoms with Crippen LogP contribution in [0.5, 0.6) is 0 Å². The largest absolute Gasteiger partial charge is 0.332 e. The average molecular weight is 338 g/mol. The van der Waals surface area contributed by atoms with Crippen LogP contribution in [0.15, 0.2) is 83.4 Å². The zero-order valence-corrected chi connectivity index (χ0v) is 13.8. The van der Waals surface area contributed by atoms with Gasteiger partial charge >= 0.3 is 0 Å². The van der Waals surface area contributed by atoms with Gasteiger partial charge in [0.1, 0.15) is 5.69 Å². The molecule has 0 unspecified atom stereocenters. The third kappa shape index (κ3) is 2.56. The molecule has 0 atom stereocenters. The minimum atomic E-state index is 0.420. The lowest BCUT2D eigenvalue weighted by Crippen LogP contribution is -1.80. The Labute approximate surface area is 149 Å². The van der Waals surface area contributed by atoms with Gasteiger partial charge in [-0.2, -0.15) is 10.1 Å². The van der Waals surface area contributed by atoms with E-state index in [-0.39, 0.29) is 0 Å². The first kappa shape index (κ1) is 14.6. The summed E-state index contributed by atoms with van der Waals surface area (Å²) in [5.74, 6) is 0.978. The highest BCUT2D eigenvalue weighted by Gasteiger charge is 2.14. The second-order valence-electron chi connectivity index (χ2n) is 6.02. The lowest BCUT2D eigenvalue weighted by molar-refractivity contribution is 0.431. The third-order valence-corrected chi connectivity index (χ3v) is 4.31. The van der Waals surface area contributed by atoms with E-state index in [1.807, 2.05) is 48.5 Å². The standard InChI is InChI=1S/C21H14N4O/c1-2-7-15(8-3-1)20-22-21(26-25-20)19-13-18(23-24-19)17-11-10-14-6-4-5-9-16(14)12-17/h1-13H,(H,23,24). The van der Waals surface area contributed by atoms with Crippen LogP contribution in [0.25, 0.3) is 45.0 Å². The second kappa shape index (κ2) is 5.97. The first-order valence-corrected chi connectivity index (χ1v) is 8.31. The molecule has 0 aliphatic heterocycles. The molecule has 0 aliphatic carbocycles. The van der Waals surface area contributed by atoms with Crippen molar-refractivity contribution < 1.29 is 4.52 Å². The van der Waals surface area contributed by atoms with Gasteiger partial charge in [-0.25, -0.2) is 0 Å². The number of rotatable bonds is 3. The Bertz CT molecular complexity index is 1190. The monoisotopic (exact) mass is 338 g/mol. The lowest BCUT2D eigenvalue weighted by Gasteiger charge is -2.00. The molecule has 0 saturated heterocycles. The van der Waals surface area contributed by atoms with Crippen molar-refractivity contribution >= 4 is 10.8 Å². The van der Waals surface area contributed by atoms with Crippen molar-refractivity contribution in [3.63, 3.8) is 0 Å². The first-order valence-electron chi connectivity index (χ1n) is 8.31. The van der Waals surface area contributed by atoms with Crippen molar-refractivity contribution in [2.45, 2.75) is 0 Å². The molecule has 2 heterocycles. The molecule has 5 rings (SSSR count). The van der Waals surface area contributed by atoms with Crippen molar-refractivity contribution in [2.24, 2.45) is 0 Å². The summed E-state index contributed by atoms with van der Waals surface area (Å²) in [5, 5.41) is 13.8. The van der Waals surface area contributed by atoms with Crippen LogP contribution in [0.3, 0.4) is 0 Å². The summed E-state index contributed by atoms with van der Waals surface area (Å²) >= 11 is 0. The smallest absolute Gasteiger partial charge is 0.276 e. The van der Waals surface area contributed by atoms with Crippen LogP contribution >= 0.6 is 0 Å². The third-order valence-electron chi connectivity index (χ3n) is 4.31. The van der Waals surface area contributed by atoms with Gasteiger partial charge in [0.05, 0.1) is 5.69 Å². The fraction of sp³-hybridized carbons (Fsp3) is 0. The van der Waals surface area contributed by atoms with Gasteiger partial charge < -0.3 is 4.52 Å². The van der Waals surface area contributed by atoms with E-state index in [1.165, 1.54) is 10.8 Å². The van der Waals surface area contributed by atoms with Gasteiger partial charge in [0, 0.05) is 11.1 Å². The maximum atomic E-state index is 5.39. The fourth-order valence-electron chi connectivity index (χ4n) is 2.97. The molecule has 3 aromatic carbocycles. The van der Waals surface area contributed by atoms with E-state index in [9.17, 15) is 0 Å². The summed E-state index contributed by atoms with van der Waals surface area (Å²) in [6.45, 7) is 0. The van der Waals surface area contributed by atoms with E-state index in [2.05, 4.69) is 50.7 Å². The molecule has 0 amide bonds. The molecule has 5 nitrogen and oxygen atoms in total. The number of aromatic amines is 1. The molecule has 26 heavy (non-hydrogen) atoms. The quantitative estimate of drug-likeness (QED) is 0.505. The Morgan fingerprint density at radius 3 is 2.42 bits per heavy atom. The number of nitrogens with zero attached hydrogens (tertiary/aromatic N) is 3. The molecule has 0 radical (unpaired) electrons. The summed E-state index contributed by atoms with van der Waals surface area (Å²) in [7, 11) is 0. The van der Waals surface area contributed by atoms with E-state index < -0.39 is 0 Å². The van der Waals surface area contributed by atoms with Crippen LogP contribution in [0, 0.1) is 0 Å². The Kier molecular flexibility index (Phi) is 3.35. The number of benzene rings is 3. The molecule has 124 valence electrons. The summed E-state index contributed by atoms with van der Waals surface area (Å²) < 4.78 is 5.39. The Morgan fingerprint density at radius 2 is 1.54 bits per heavy atom. The molecular weight excluding hydrogens is 324 g/mol. The molecule has 0 bridgehead atoms. The number of fused-ring (bicyclic) bond motifs is 1. The molecule has 2 aromatic heterocycles. The number of H-pyrrole nitrogens is 1. The molecule has 0 fully saturated rings. The van der Waals surface area contributed by atoms with Gasteiger partial charge in [-0.05, 0) is 22.9 Å². The van der Waals surface area contributed by atoms with E-state index >= 15 is 0 Å². The Morgan fingerprint density at radius 1 is 0.731 bits per heavy atom. The maximum absolute atomic E-state index is 5.39. The number of hydrogen-bond acceptors (Lipinski definition) is 4. The summed E-state index contributed by atoms with van der Waals surface area (Å²) in [6.07, 6.45) is 0. The molecule has 0 spiro atoms. The van der Waals surface area contributed by atoms with Crippen molar-refractivity contribution in [3.8, 4) is 34.2 Å². The average Bonchev–Trinajstić information content (AvgIpc) is 3.38. The van der Waals surface area contributed by atoms with Crippen LogP contribution in [0.2, 0.25) is 0 Å². The fourth-order valence-corrected chi connectivity index (χ4v) is 2.97. The van der Waals surface area contributed by atoms with Crippen molar-refractivity contribution in [3.05, 3.63) is 78.9 Å². The zero-order valence-electron chi connectivity index (χ0n) is 13.8. The van der Waals surface area contributed by atoms with E-state index in [1.54, 1.807) is 0 Å². The molecule has 5 aromatic rings. The summed E-state index contributed by atoms with van der Waals surface area (Å²) in [4.78, 5) is 4.46. The summed E-state index contributed by atoms with van der Waals surface area (Å²) in [5.41, 5.74) is 3.49. The van der Waals surface area contributed by atoms with Gasteiger partial charge in [0.2, 0.25) is 5.82 Å². The SMILES string of the molecule is c1ccc(-c2noc(-c3cc(-c4ccc5ccccc5c4)n[nH]3)n2)cc1. The predicted molar refractivity (Wildman–Crippen MR) is 100 cm³/mol. The number of nitrogens with one attached hydrogen (secondary N) is 1. The number of hydrogen-bond donors (Lipinski definition) is 1. The van der Waals surface area contributed by atoms with Crippen LogP contribution in [-0.4, -0.2) is 20.3 Å². The van der Waals surface area contributed by atoms with Crippen molar-refractivity contribution in [2.75, 3.05) is 0 Å². The highest BCUT2D eigenvalue weighted by molar-refractivity contribution is 5.87. The van der Waals surface area contributed by atoms with E-state index in [0.717, 1.165) is 16.8 Å². The van der Waals surface area contributed by atoms with Gasteiger partial charge in [-0.3, -0.25) is 5.10 Å². The molecule has 5 heteroatoms. The molecular formula is C21H14N4O. The number of aromatic nitrogens is 4.